The summed E-state index contributed by atoms with van der Waals surface area (Å²) in [4.78, 5) is 20.1. The molecule has 7 nitrogen and oxygen atoms in total. The highest BCUT2D eigenvalue weighted by Crippen LogP contribution is 2.35. The van der Waals surface area contributed by atoms with Crippen molar-refractivity contribution in [1.82, 2.24) is 9.55 Å². The number of hydrogen-bond donors (Lipinski definition) is 0. The molecule has 0 spiro atoms. The molecule has 1 heterocycles. The van der Waals surface area contributed by atoms with Crippen molar-refractivity contribution in [3.63, 3.8) is 0 Å². The average Bonchev–Trinajstić information content (AvgIpc) is 3.13. The van der Waals surface area contributed by atoms with Gasteiger partial charge in [0.1, 0.15) is 11.6 Å². The minimum absolute atomic E-state index is 0.0413. The molecule has 0 aliphatic heterocycles. The monoisotopic (exact) mass is 417 g/mol. The second-order valence-corrected chi connectivity index (χ2v) is 7.58. The first kappa shape index (κ1) is 20.7. The van der Waals surface area contributed by atoms with Gasteiger partial charge >= 0.3 is 5.09 Å². The van der Waals surface area contributed by atoms with Crippen molar-refractivity contribution in [1.29, 1.82) is 0 Å². The maximum atomic E-state index is 13.2. The van der Waals surface area contributed by atoms with E-state index in [0.717, 1.165) is 29.1 Å². The third-order valence-corrected chi connectivity index (χ3v) is 5.57. The fraction of sp³-hybridized carbons (Fsp3) is 0.250. The smallest absolute Gasteiger partial charge is 0.302 e. The van der Waals surface area contributed by atoms with Gasteiger partial charge in [0.05, 0.1) is 7.11 Å². The minimum Gasteiger partial charge on any atom is -0.496 e. The Kier molecular flexibility index (Phi) is 7.07. The molecule has 0 N–H and O–H groups in total. The molecule has 1 aromatic heterocycles. The van der Waals surface area contributed by atoms with Crippen molar-refractivity contribution in [3.05, 3.63) is 82.4 Å². The van der Waals surface area contributed by atoms with E-state index in [-0.39, 0.29) is 17.1 Å². The Hall–Kier alpha value is -3.07. The summed E-state index contributed by atoms with van der Waals surface area (Å²) in [6, 6.07) is 14.0. The zero-order chi connectivity index (χ0) is 20.6. The van der Waals surface area contributed by atoms with Crippen LogP contribution in [0.5, 0.6) is 11.8 Å². The standard InChI is InChI=1S/C20H20FN3O4S/c1-27-18-4-2-3-5-19(18)29-17(11-8-15-6-9-16(21)10-7-15)14-23-13-12-22-20(23)28-24(25)26/h2-7,9-10,12-13,17H,8,11,14H2,1H3. The van der Waals surface area contributed by atoms with Gasteiger partial charge in [-0.15, -0.1) is 21.9 Å². The fourth-order valence-corrected chi connectivity index (χ4v) is 4.13. The molecule has 0 bridgehead atoms. The second kappa shape index (κ2) is 9.92. The molecule has 0 saturated carbocycles. The Labute approximate surface area is 171 Å². The molecule has 0 amide bonds. The average molecular weight is 417 g/mol. The van der Waals surface area contributed by atoms with Crippen molar-refractivity contribution in [2.75, 3.05) is 7.11 Å². The number of methoxy groups -OCH3 is 1. The van der Waals surface area contributed by atoms with Gasteiger partial charge in [0.25, 0.3) is 6.01 Å². The normalized spacial score (nSPS) is 11.8. The molecule has 0 aliphatic carbocycles. The van der Waals surface area contributed by atoms with E-state index >= 15 is 0 Å². The highest BCUT2D eigenvalue weighted by molar-refractivity contribution is 8.00. The largest absolute Gasteiger partial charge is 0.496 e. The zero-order valence-electron chi connectivity index (χ0n) is 15.7. The quantitative estimate of drug-likeness (QED) is 0.276. The minimum atomic E-state index is -0.875. The van der Waals surface area contributed by atoms with E-state index in [0.29, 0.717) is 6.54 Å². The maximum absolute atomic E-state index is 13.2. The Bertz CT molecular complexity index is 949. The molecule has 0 fully saturated rings. The van der Waals surface area contributed by atoms with Crippen molar-refractivity contribution >= 4 is 11.8 Å². The highest BCUT2D eigenvalue weighted by Gasteiger charge is 2.17. The molecule has 9 heteroatoms. The number of imidazole rings is 1. The highest BCUT2D eigenvalue weighted by atomic mass is 32.2. The fourth-order valence-electron chi connectivity index (χ4n) is 2.88. The Morgan fingerprint density at radius 1 is 1.24 bits per heavy atom. The number of hydrogen-bond acceptors (Lipinski definition) is 6. The Balaban J connectivity index is 1.77. The number of aryl methyl sites for hydroxylation is 1. The lowest BCUT2D eigenvalue weighted by Crippen LogP contribution is -2.17. The van der Waals surface area contributed by atoms with E-state index < -0.39 is 5.09 Å². The summed E-state index contributed by atoms with van der Waals surface area (Å²) in [6.07, 6.45) is 4.59. The van der Waals surface area contributed by atoms with Gasteiger partial charge < -0.3 is 9.30 Å². The lowest BCUT2D eigenvalue weighted by Gasteiger charge is -2.19. The molecule has 0 aliphatic rings. The van der Waals surface area contributed by atoms with Crippen LogP contribution in [0.2, 0.25) is 0 Å². The molecule has 3 aromatic rings. The topological polar surface area (TPSA) is 79.4 Å². The SMILES string of the molecule is COc1ccccc1SC(CCc1ccc(F)cc1)Cn1ccnc1O[N+](=O)[O-]. The van der Waals surface area contributed by atoms with Crippen molar-refractivity contribution in [2.24, 2.45) is 0 Å². The van der Waals surface area contributed by atoms with E-state index in [1.54, 1.807) is 41.8 Å². The first-order valence-corrected chi connectivity index (χ1v) is 9.80. The van der Waals surface area contributed by atoms with Crippen molar-refractivity contribution < 1.29 is 19.1 Å². The summed E-state index contributed by atoms with van der Waals surface area (Å²) in [5.41, 5.74) is 1.02. The number of halogens is 1. The number of ether oxygens (including phenoxy) is 1. The molecular formula is C20H20FN3O4S. The lowest BCUT2D eigenvalue weighted by molar-refractivity contribution is -0.713. The molecule has 3 rings (SSSR count). The van der Waals surface area contributed by atoms with Gasteiger partial charge in [0.15, 0.2) is 0 Å². The molecular weight excluding hydrogens is 397 g/mol. The predicted octanol–water partition coefficient (Wildman–Crippen LogP) is 4.40. The predicted molar refractivity (Wildman–Crippen MR) is 107 cm³/mol. The summed E-state index contributed by atoms with van der Waals surface area (Å²) in [5, 5.41) is 9.86. The van der Waals surface area contributed by atoms with Crippen LogP contribution in [0.25, 0.3) is 0 Å². The third-order valence-electron chi connectivity index (χ3n) is 4.26. The van der Waals surface area contributed by atoms with E-state index in [1.807, 2.05) is 24.3 Å². The van der Waals surface area contributed by atoms with Gasteiger partial charge in [0, 0.05) is 29.1 Å². The van der Waals surface area contributed by atoms with Crippen LogP contribution < -0.4 is 9.57 Å². The molecule has 1 unspecified atom stereocenters. The number of nitrogens with zero attached hydrogens (tertiary/aromatic N) is 3. The van der Waals surface area contributed by atoms with Crippen molar-refractivity contribution in [2.45, 2.75) is 29.5 Å². The first-order valence-electron chi connectivity index (χ1n) is 8.92. The summed E-state index contributed by atoms with van der Waals surface area (Å²) in [5.74, 6) is 0.491. The summed E-state index contributed by atoms with van der Waals surface area (Å²) in [7, 11) is 1.62. The van der Waals surface area contributed by atoms with Gasteiger partial charge in [-0.25, -0.2) is 14.2 Å². The Morgan fingerprint density at radius 2 is 2.00 bits per heavy atom. The summed E-state index contributed by atoms with van der Waals surface area (Å²) in [6.45, 7) is 0.451. The number of para-hydroxylation sites is 1. The van der Waals surface area contributed by atoms with Gasteiger partial charge in [-0.2, -0.15) is 0 Å². The molecule has 2 aromatic carbocycles. The summed E-state index contributed by atoms with van der Waals surface area (Å²) < 4.78 is 20.2. The van der Waals surface area contributed by atoms with Crippen LogP contribution in [0.1, 0.15) is 12.0 Å². The number of aromatic nitrogens is 2. The van der Waals surface area contributed by atoms with Crippen molar-refractivity contribution in [3.8, 4) is 11.8 Å². The van der Waals surface area contributed by atoms with Crippen LogP contribution in [-0.4, -0.2) is 27.0 Å². The van der Waals surface area contributed by atoms with Gasteiger partial charge in [-0.05, 0) is 42.7 Å². The van der Waals surface area contributed by atoms with E-state index in [1.165, 1.54) is 18.3 Å². The lowest BCUT2D eigenvalue weighted by atomic mass is 10.1. The van der Waals surface area contributed by atoms with Crippen LogP contribution in [0.15, 0.2) is 65.8 Å². The van der Waals surface area contributed by atoms with E-state index in [9.17, 15) is 14.5 Å². The van der Waals surface area contributed by atoms with Crippen LogP contribution in [0.3, 0.4) is 0 Å². The third kappa shape index (κ3) is 5.95. The zero-order valence-corrected chi connectivity index (χ0v) is 16.5. The van der Waals surface area contributed by atoms with Crippen LogP contribution >= 0.6 is 11.8 Å². The van der Waals surface area contributed by atoms with E-state index in [2.05, 4.69) is 9.82 Å². The second-order valence-electron chi connectivity index (χ2n) is 6.23. The molecule has 29 heavy (non-hydrogen) atoms. The summed E-state index contributed by atoms with van der Waals surface area (Å²) >= 11 is 1.62. The van der Waals surface area contributed by atoms with Crippen LogP contribution in [0.4, 0.5) is 4.39 Å². The molecule has 152 valence electrons. The molecule has 0 saturated heterocycles. The number of rotatable bonds is 10. The van der Waals surface area contributed by atoms with Gasteiger partial charge in [-0.1, -0.05) is 24.3 Å². The number of benzene rings is 2. The molecule has 1 atom stereocenters. The van der Waals surface area contributed by atoms with Gasteiger partial charge in [-0.3, -0.25) is 0 Å². The van der Waals surface area contributed by atoms with Crippen LogP contribution in [-0.2, 0) is 13.0 Å². The Morgan fingerprint density at radius 3 is 2.72 bits per heavy atom. The molecule has 0 radical (unpaired) electrons. The first-order chi connectivity index (χ1) is 14.0. The maximum Gasteiger partial charge on any atom is 0.302 e. The van der Waals surface area contributed by atoms with Crippen LogP contribution in [0, 0.1) is 15.9 Å². The van der Waals surface area contributed by atoms with Gasteiger partial charge in [0.2, 0.25) is 0 Å². The number of thioether (sulfide) groups is 1. The van der Waals surface area contributed by atoms with E-state index in [4.69, 9.17) is 4.74 Å².